The summed E-state index contributed by atoms with van der Waals surface area (Å²) in [5, 5.41) is 11.3. The maximum atomic E-state index is 12.0. The molecule has 0 saturated carbocycles. The number of carboxylic acid groups (broad SMARTS) is 1. The molecule has 5 nitrogen and oxygen atoms in total. The van der Waals surface area contributed by atoms with Crippen molar-refractivity contribution in [2.75, 3.05) is 6.54 Å². The van der Waals surface area contributed by atoms with E-state index < -0.39 is 12.1 Å². The molecule has 5 heteroatoms. The predicted octanol–water partition coefficient (Wildman–Crippen LogP) is 3.49. The summed E-state index contributed by atoms with van der Waals surface area (Å²) >= 11 is 0. The number of hydrogen-bond acceptors (Lipinski definition) is 3. The van der Waals surface area contributed by atoms with Crippen molar-refractivity contribution < 1.29 is 19.4 Å². The lowest BCUT2D eigenvalue weighted by atomic mass is 10.1. The van der Waals surface area contributed by atoms with Crippen molar-refractivity contribution >= 4 is 11.9 Å². The molecule has 25 heavy (non-hydrogen) atoms. The Bertz CT molecular complexity index is 683. The zero-order valence-corrected chi connectivity index (χ0v) is 14.3. The summed E-state index contributed by atoms with van der Waals surface area (Å²) in [4.78, 5) is 22.4. The summed E-state index contributed by atoms with van der Waals surface area (Å²) < 4.78 is 5.66. The van der Waals surface area contributed by atoms with Gasteiger partial charge in [-0.2, -0.15) is 0 Å². The first kappa shape index (κ1) is 18.5. The summed E-state index contributed by atoms with van der Waals surface area (Å²) in [5.41, 5.74) is 2.21. The van der Waals surface area contributed by atoms with E-state index in [1.165, 1.54) is 0 Å². The van der Waals surface area contributed by atoms with E-state index in [2.05, 4.69) is 5.32 Å². The predicted molar refractivity (Wildman–Crippen MR) is 96.5 cm³/mol. The number of carbonyl (C=O) groups excluding carboxylic acids is 1. The molecule has 2 aromatic carbocycles. The van der Waals surface area contributed by atoms with Crippen LogP contribution in [0.1, 0.15) is 26.2 Å². The lowest BCUT2D eigenvalue weighted by Crippen LogP contribution is -2.36. The molecule has 0 aliphatic carbocycles. The van der Waals surface area contributed by atoms with Gasteiger partial charge in [-0.05, 0) is 43.0 Å². The summed E-state index contributed by atoms with van der Waals surface area (Å²) in [6.07, 6.45) is 0.694. The van der Waals surface area contributed by atoms with Crippen LogP contribution in [0.2, 0.25) is 0 Å². The standard InChI is InChI=1S/C20H23NO4/c1-15(20(24)21-14-6-5-9-19(22)23)25-18-12-10-17(11-13-18)16-7-3-2-4-8-16/h2-4,7-8,10-13,15H,5-6,9,14H2,1H3,(H,21,24)(H,22,23). The molecule has 0 bridgehead atoms. The van der Waals surface area contributed by atoms with Gasteiger partial charge < -0.3 is 15.2 Å². The first-order chi connectivity index (χ1) is 12.1. The van der Waals surface area contributed by atoms with E-state index in [0.29, 0.717) is 25.1 Å². The minimum absolute atomic E-state index is 0.121. The lowest BCUT2D eigenvalue weighted by Gasteiger charge is -2.15. The highest BCUT2D eigenvalue weighted by molar-refractivity contribution is 5.80. The highest BCUT2D eigenvalue weighted by atomic mass is 16.5. The smallest absolute Gasteiger partial charge is 0.303 e. The summed E-state index contributed by atoms with van der Waals surface area (Å²) in [7, 11) is 0. The van der Waals surface area contributed by atoms with Crippen molar-refractivity contribution in [3.05, 3.63) is 54.6 Å². The molecule has 132 valence electrons. The average Bonchev–Trinajstić information content (AvgIpc) is 2.62. The number of rotatable bonds is 9. The number of unbranched alkanes of at least 4 members (excludes halogenated alkanes) is 1. The Morgan fingerprint density at radius 3 is 2.28 bits per heavy atom. The largest absolute Gasteiger partial charge is 0.481 e. The van der Waals surface area contributed by atoms with Crippen molar-refractivity contribution in [3.8, 4) is 16.9 Å². The number of benzene rings is 2. The van der Waals surface area contributed by atoms with Crippen LogP contribution in [-0.2, 0) is 9.59 Å². The van der Waals surface area contributed by atoms with E-state index in [1.807, 2.05) is 54.6 Å². The number of nitrogens with one attached hydrogen (secondary N) is 1. The van der Waals surface area contributed by atoms with E-state index in [0.717, 1.165) is 11.1 Å². The van der Waals surface area contributed by atoms with Crippen LogP contribution >= 0.6 is 0 Å². The summed E-state index contributed by atoms with van der Waals surface area (Å²) in [6, 6.07) is 17.6. The summed E-state index contributed by atoms with van der Waals surface area (Å²) in [5.74, 6) is -0.391. The third-order valence-electron chi connectivity index (χ3n) is 3.76. The maximum Gasteiger partial charge on any atom is 0.303 e. The Kier molecular flexibility index (Phi) is 7.01. The second-order valence-electron chi connectivity index (χ2n) is 5.79. The second-order valence-corrected chi connectivity index (χ2v) is 5.79. The first-order valence-corrected chi connectivity index (χ1v) is 8.38. The van der Waals surface area contributed by atoms with Gasteiger partial charge in [-0.25, -0.2) is 0 Å². The Hall–Kier alpha value is -2.82. The highest BCUT2D eigenvalue weighted by Gasteiger charge is 2.14. The third-order valence-corrected chi connectivity index (χ3v) is 3.76. The molecule has 0 aliphatic rings. The normalized spacial score (nSPS) is 11.6. The average molecular weight is 341 g/mol. The fourth-order valence-corrected chi connectivity index (χ4v) is 2.37. The molecule has 0 aromatic heterocycles. The van der Waals surface area contributed by atoms with E-state index in [-0.39, 0.29) is 12.3 Å². The molecule has 0 aliphatic heterocycles. The maximum absolute atomic E-state index is 12.0. The van der Waals surface area contributed by atoms with Gasteiger partial charge in [-0.1, -0.05) is 42.5 Å². The van der Waals surface area contributed by atoms with E-state index >= 15 is 0 Å². The van der Waals surface area contributed by atoms with Gasteiger partial charge in [0.15, 0.2) is 6.10 Å². The molecule has 0 spiro atoms. The Morgan fingerprint density at radius 2 is 1.64 bits per heavy atom. The molecule has 0 radical (unpaired) electrons. The number of ether oxygens (including phenoxy) is 1. The molecular weight excluding hydrogens is 318 g/mol. The van der Waals surface area contributed by atoms with Gasteiger partial charge in [-0.3, -0.25) is 9.59 Å². The number of amides is 1. The second kappa shape index (κ2) is 9.47. The van der Waals surface area contributed by atoms with Crippen LogP contribution in [0, 0.1) is 0 Å². The van der Waals surface area contributed by atoms with Crippen LogP contribution < -0.4 is 10.1 Å². The van der Waals surface area contributed by atoms with Gasteiger partial charge in [0.25, 0.3) is 5.91 Å². The number of hydrogen-bond donors (Lipinski definition) is 2. The van der Waals surface area contributed by atoms with Gasteiger partial charge >= 0.3 is 5.97 Å². The van der Waals surface area contributed by atoms with E-state index in [9.17, 15) is 9.59 Å². The van der Waals surface area contributed by atoms with Gasteiger partial charge in [0.2, 0.25) is 0 Å². The zero-order chi connectivity index (χ0) is 18.1. The topological polar surface area (TPSA) is 75.6 Å². The van der Waals surface area contributed by atoms with Crippen molar-refractivity contribution in [1.29, 1.82) is 0 Å². The number of carboxylic acids is 1. The van der Waals surface area contributed by atoms with Crippen LogP contribution in [0.15, 0.2) is 54.6 Å². The molecular formula is C20H23NO4. The van der Waals surface area contributed by atoms with E-state index in [1.54, 1.807) is 6.92 Å². The SMILES string of the molecule is CC(Oc1ccc(-c2ccccc2)cc1)C(=O)NCCCCC(=O)O. The van der Waals surface area contributed by atoms with Gasteiger partial charge in [0.1, 0.15) is 5.75 Å². The van der Waals surface area contributed by atoms with Crippen LogP contribution in [0.5, 0.6) is 5.75 Å². The molecule has 0 fully saturated rings. The molecule has 0 saturated heterocycles. The fourth-order valence-electron chi connectivity index (χ4n) is 2.37. The minimum atomic E-state index is -0.818. The Labute approximate surface area is 147 Å². The Morgan fingerprint density at radius 1 is 1.00 bits per heavy atom. The number of aliphatic carboxylic acids is 1. The highest BCUT2D eigenvalue weighted by Crippen LogP contribution is 2.22. The molecule has 1 atom stereocenters. The van der Waals surface area contributed by atoms with Crippen molar-refractivity contribution in [2.45, 2.75) is 32.3 Å². The first-order valence-electron chi connectivity index (χ1n) is 8.38. The van der Waals surface area contributed by atoms with Crippen LogP contribution in [0.3, 0.4) is 0 Å². The van der Waals surface area contributed by atoms with Gasteiger partial charge in [0, 0.05) is 13.0 Å². The molecule has 0 heterocycles. The summed E-state index contributed by atoms with van der Waals surface area (Å²) in [6.45, 7) is 2.14. The molecule has 2 rings (SSSR count). The van der Waals surface area contributed by atoms with Crippen molar-refractivity contribution in [1.82, 2.24) is 5.32 Å². The van der Waals surface area contributed by atoms with Crippen LogP contribution in [0.4, 0.5) is 0 Å². The zero-order valence-electron chi connectivity index (χ0n) is 14.3. The van der Waals surface area contributed by atoms with E-state index in [4.69, 9.17) is 9.84 Å². The quantitative estimate of drug-likeness (QED) is 0.685. The molecule has 2 N–H and O–H groups in total. The van der Waals surface area contributed by atoms with Crippen molar-refractivity contribution in [3.63, 3.8) is 0 Å². The van der Waals surface area contributed by atoms with Gasteiger partial charge in [-0.15, -0.1) is 0 Å². The van der Waals surface area contributed by atoms with Gasteiger partial charge in [0.05, 0.1) is 0 Å². The number of carbonyl (C=O) groups is 2. The Balaban J connectivity index is 1.78. The minimum Gasteiger partial charge on any atom is -0.481 e. The third kappa shape index (κ3) is 6.30. The molecule has 1 unspecified atom stereocenters. The van der Waals surface area contributed by atoms with Crippen LogP contribution in [-0.4, -0.2) is 29.6 Å². The fraction of sp³-hybridized carbons (Fsp3) is 0.300. The molecule has 1 amide bonds. The molecule has 2 aromatic rings. The van der Waals surface area contributed by atoms with Crippen LogP contribution in [0.25, 0.3) is 11.1 Å². The lowest BCUT2D eigenvalue weighted by molar-refractivity contribution is -0.137. The monoisotopic (exact) mass is 341 g/mol. The van der Waals surface area contributed by atoms with Crippen molar-refractivity contribution in [2.24, 2.45) is 0 Å².